The highest BCUT2D eigenvalue weighted by atomic mass is 15.1. The number of hydrogen-bond donors (Lipinski definition) is 1. The van der Waals surface area contributed by atoms with E-state index in [9.17, 15) is 0 Å². The minimum Gasteiger partial charge on any atom is -0.324 e. The van der Waals surface area contributed by atoms with E-state index in [1.165, 1.54) is 12.0 Å². The van der Waals surface area contributed by atoms with E-state index in [0.29, 0.717) is 0 Å². The molecule has 0 saturated carbocycles. The molecular weight excluding hydrogens is 256 g/mol. The molecule has 2 rings (SSSR count). The summed E-state index contributed by atoms with van der Waals surface area (Å²) in [6.07, 6.45) is 13.3. The van der Waals surface area contributed by atoms with E-state index in [0.717, 1.165) is 23.6 Å². The van der Waals surface area contributed by atoms with Crippen molar-refractivity contribution in [1.29, 1.82) is 0 Å². The Balaban J connectivity index is 1.97. The van der Waals surface area contributed by atoms with Crippen LogP contribution in [-0.4, -0.2) is 0 Å². The molecule has 0 amide bonds. The van der Waals surface area contributed by atoms with Gasteiger partial charge in [-0.05, 0) is 61.1 Å². The lowest BCUT2D eigenvalue weighted by atomic mass is 10.1. The first-order chi connectivity index (χ1) is 10.1. The van der Waals surface area contributed by atoms with Crippen molar-refractivity contribution in [3.8, 4) is 0 Å². The Hall–Kier alpha value is -1.80. The van der Waals surface area contributed by atoms with Gasteiger partial charge in [-0.2, -0.15) is 0 Å². The average molecular weight is 282 g/mol. The van der Waals surface area contributed by atoms with Crippen LogP contribution in [0.15, 0.2) is 60.5 Å². The lowest BCUT2D eigenvalue weighted by Gasteiger charge is -2.19. The van der Waals surface area contributed by atoms with Crippen molar-refractivity contribution in [3.05, 3.63) is 66.0 Å². The van der Waals surface area contributed by atoms with Crippen LogP contribution in [0, 0.1) is 5.92 Å². The molecule has 1 aliphatic rings. The van der Waals surface area contributed by atoms with Crippen molar-refractivity contribution >= 4 is 5.69 Å². The van der Waals surface area contributed by atoms with Gasteiger partial charge in [0.25, 0.3) is 0 Å². The fraction of sp³-hybridized carbons (Fsp3) is 0.368. The van der Waals surface area contributed by atoms with E-state index in [4.69, 9.17) is 5.73 Å². The number of hydrogen-bond acceptors (Lipinski definition) is 2. The molecule has 1 heterocycles. The van der Waals surface area contributed by atoms with Gasteiger partial charge in [-0.1, -0.05) is 32.1 Å². The summed E-state index contributed by atoms with van der Waals surface area (Å²) in [4.78, 5) is 2.13. The Morgan fingerprint density at radius 3 is 2.19 bits per heavy atom. The van der Waals surface area contributed by atoms with Crippen LogP contribution in [0.1, 0.15) is 45.2 Å². The summed E-state index contributed by atoms with van der Waals surface area (Å²) in [5.41, 5.74) is 9.50. The van der Waals surface area contributed by atoms with E-state index in [1.54, 1.807) is 0 Å². The van der Waals surface area contributed by atoms with Crippen LogP contribution in [0.4, 0.5) is 5.69 Å². The molecule has 0 radical (unpaired) electrons. The van der Waals surface area contributed by atoms with E-state index in [2.05, 4.69) is 73.6 Å². The summed E-state index contributed by atoms with van der Waals surface area (Å²) >= 11 is 0. The minimum absolute atomic E-state index is 0.0852. The predicted molar refractivity (Wildman–Crippen MR) is 92.0 cm³/mol. The van der Waals surface area contributed by atoms with Gasteiger partial charge in [-0.3, -0.25) is 0 Å². The zero-order valence-electron chi connectivity index (χ0n) is 13.3. The molecule has 0 aliphatic carbocycles. The molecule has 0 aromatic heterocycles. The largest absolute Gasteiger partial charge is 0.324 e. The zero-order valence-corrected chi connectivity index (χ0v) is 13.3. The SMILES string of the molecule is CC(C)CCC=C1C=CN(c2ccc(C(C)N)cc2)C=C1. The maximum Gasteiger partial charge on any atom is 0.0449 e. The van der Waals surface area contributed by atoms with Gasteiger partial charge in [0.2, 0.25) is 0 Å². The highest BCUT2D eigenvalue weighted by Crippen LogP contribution is 2.22. The summed E-state index contributed by atoms with van der Waals surface area (Å²) < 4.78 is 0. The minimum atomic E-state index is 0.0852. The molecule has 2 heteroatoms. The quantitative estimate of drug-likeness (QED) is 0.831. The topological polar surface area (TPSA) is 29.3 Å². The van der Waals surface area contributed by atoms with E-state index >= 15 is 0 Å². The van der Waals surface area contributed by atoms with E-state index in [-0.39, 0.29) is 6.04 Å². The Kier molecular flexibility index (Phi) is 5.40. The number of nitrogens with zero attached hydrogens (tertiary/aromatic N) is 1. The van der Waals surface area contributed by atoms with E-state index < -0.39 is 0 Å². The van der Waals surface area contributed by atoms with Crippen molar-refractivity contribution in [2.75, 3.05) is 4.90 Å². The van der Waals surface area contributed by atoms with Crippen LogP contribution < -0.4 is 10.6 Å². The van der Waals surface area contributed by atoms with Gasteiger partial charge in [0, 0.05) is 24.1 Å². The lowest BCUT2D eigenvalue weighted by Crippen LogP contribution is -2.10. The van der Waals surface area contributed by atoms with Crippen LogP contribution in [0.5, 0.6) is 0 Å². The van der Waals surface area contributed by atoms with E-state index in [1.807, 2.05) is 6.92 Å². The van der Waals surface area contributed by atoms with Crippen molar-refractivity contribution < 1.29 is 0 Å². The normalized spacial score (nSPS) is 15.7. The fourth-order valence-corrected chi connectivity index (χ4v) is 2.28. The average Bonchev–Trinajstić information content (AvgIpc) is 2.48. The summed E-state index contributed by atoms with van der Waals surface area (Å²) in [6, 6.07) is 8.49. The molecule has 21 heavy (non-hydrogen) atoms. The number of nitrogens with two attached hydrogens (primary N) is 1. The second-order valence-corrected chi connectivity index (χ2v) is 6.09. The Labute approximate surface area is 128 Å². The molecule has 0 bridgehead atoms. The fourth-order valence-electron chi connectivity index (χ4n) is 2.28. The van der Waals surface area contributed by atoms with Crippen LogP contribution >= 0.6 is 0 Å². The molecule has 0 fully saturated rings. The zero-order chi connectivity index (χ0) is 15.2. The summed E-state index contributed by atoms with van der Waals surface area (Å²) in [5, 5.41) is 0. The third kappa shape index (κ3) is 4.61. The predicted octanol–water partition coefficient (Wildman–Crippen LogP) is 4.92. The number of rotatable bonds is 5. The molecule has 112 valence electrons. The first-order valence-electron chi connectivity index (χ1n) is 7.76. The molecule has 2 nitrogen and oxygen atoms in total. The third-order valence-corrected chi connectivity index (χ3v) is 3.70. The molecule has 0 spiro atoms. The smallest absolute Gasteiger partial charge is 0.0449 e. The van der Waals surface area contributed by atoms with Crippen LogP contribution in [0.25, 0.3) is 0 Å². The van der Waals surface area contributed by atoms with Crippen LogP contribution in [0.3, 0.4) is 0 Å². The molecule has 1 aliphatic heterocycles. The van der Waals surface area contributed by atoms with Gasteiger partial charge in [0.1, 0.15) is 0 Å². The van der Waals surface area contributed by atoms with Gasteiger partial charge in [-0.15, -0.1) is 0 Å². The van der Waals surface area contributed by atoms with Crippen molar-refractivity contribution in [2.24, 2.45) is 11.7 Å². The monoisotopic (exact) mass is 282 g/mol. The van der Waals surface area contributed by atoms with Gasteiger partial charge in [0.15, 0.2) is 0 Å². The Morgan fingerprint density at radius 2 is 1.67 bits per heavy atom. The Bertz CT molecular complexity index is 517. The van der Waals surface area contributed by atoms with Crippen molar-refractivity contribution in [1.82, 2.24) is 0 Å². The molecule has 0 saturated heterocycles. The van der Waals surface area contributed by atoms with Gasteiger partial charge < -0.3 is 10.6 Å². The maximum absolute atomic E-state index is 5.88. The highest BCUT2D eigenvalue weighted by molar-refractivity contribution is 5.57. The molecule has 1 atom stereocenters. The number of benzene rings is 1. The molecular formula is C19H26N2. The first kappa shape index (κ1) is 15.6. The highest BCUT2D eigenvalue weighted by Gasteiger charge is 2.05. The molecule has 1 aromatic rings. The Morgan fingerprint density at radius 1 is 1.05 bits per heavy atom. The molecule has 2 N–H and O–H groups in total. The molecule has 1 aromatic carbocycles. The van der Waals surface area contributed by atoms with Crippen LogP contribution in [-0.2, 0) is 0 Å². The van der Waals surface area contributed by atoms with Gasteiger partial charge in [-0.25, -0.2) is 0 Å². The maximum atomic E-state index is 5.88. The number of anilines is 1. The summed E-state index contributed by atoms with van der Waals surface area (Å²) in [7, 11) is 0. The summed E-state index contributed by atoms with van der Waals surface area (Å²) in [5.74, 6) is 0.762. The first-order valence-corrected chi connectivity index (χ1v) is 7.76. The van der Waals surface area contributed by atoms with Crippen molar-refractivity contribution in [2.45, 2.75) is 39.7 Å². The van der Waals surface area contributed by atoms with Gasteiger partial charge in [0.05, 0.1) is 0 Å². The second kappa shape index (κ2) is 7.28. The van der Waals surface area contributed by atoms with Crippen molar-refractivity contribution in [3.63, 3.8) is 0 Å². The second-order valence-electron chi connectivity index (χ2n) is 6.09. The van der Waals surface area contributed by atoms with Gasteiger partial charge >= 0.3 is 0 Å². The third-order valence-electron chi connectivity index (χ3n) is 3.70. The molecule has 1 unspecified atom stereocenters. The van der Waals surface area contributed by atoms with Crippen LogP contribution in [0.2, 0.25) is 0 Å². The lowest BCUT2D eigenvalue weighted by molar-refractivity contribution is 0.594. The standard InChI is InChI=1S/C19H26N2/c1-15(2)5-4-6-17-11-13-21(14-12-17)19-9-7-18(8-10-19)16(3)20/h6-16H,4-5,20H2,1-3H3. The summed E-state index contributed by atoms with van der Waals surface area (Å²) in [6.45, 7) is 6.53. The number of allylic oxidation sites excluding steroid dienone is 4.